The third-order valence-electron chi connectivity index (χ3n) is 6.21. The number of aromatic nitrogens is 1. The van der Waals surface area contributed by atoms with E-state index in [-0.39, 0.29) is 11.7 Å². The van der Waals surface area contributed by atoms with Crippen molar-refractivity contribution in [3.8, 4) is 33.9 Å². The second kappa shape index (κ2) is 10.5. The molecule has 1 aromatic heterocycles. The average Bonchev–Trinajstić information content (AvgIpc) is 2.94. The summed E-state index contributed by atoms with van der Waals surface area (Å²) in [5.41, 5.74) is 16.3. The summed E-state index contributed by atoms with van der Waals surface area (Å²) in [7, 11) is 0. The van der Waals surface area contributed by atoms with E-state index in [0.29, 0.717) is 60.1 Å². The van der Waals surface area contributed by atoms with E-state index >= 15 is 0 Å². The number of ether oxygens (including phenoxy) is 2. The highest BCUT2D eigenvalue weighted by atomic mass is 16.5. The Labute approximate surface area is 215 Å². The third-order valence-corrected chi connectivity index (χ3v) is 6.21. The van der Waals surface area contributed by atoms with Gasteiger partial charge in [-0.05, 0) is 54.1 Å². The number of benzene rings is 3. The van der Waals surface area contributed by atoms with Crippen molar-refractivity contribution >= 4 is 17.4 Å². The van der Waals surface area contributed by atoms with Crippen molar-refractivity contribution < 1.29 is 14.3 Å². The highest BCUT2D eigenvalue weighted by molar-refractivity contribution is 6.08. The first-order valence-electron chi connectivity index (χ1n) is 11.9. The zero-order chi connectivity index (χ0) is 25.8. The molecule has 4 aromatic rings. The number of nitrogens with two attached hydrogens (primary N) is 2. The summed E-state index contributed by atoms with van der Waals surface area (Å²) >= 11 is 0. The number of amides is 1. The molecule has 0 radical (unpaired) electrons. The van der Waals surface area contributed by atoms with E-state index < -0.39 is 0 Å². The van der Waals surface area contributed by atoms with Gasteiger partial charge in [-0.2, -0.15) is 0 Å². The number of rotatable bonds is 6. The molecule has 186 valence electrons. The minimum Gasteiger partial charge on any atom is -0.457 e. The first kappa shape index (κ1) is 24.0. The lowest BCUT2D eigenvalue weighted by atomic mass is 9.96. The van der Waals surface area contributed by atoms with Gasteiger partial charge in [0.15, 0.2) is 0 Å². The maximum Gasteiger partial charge on any atom is 0.254 e. The predicted molar refractivity (Wildman–Crippen MR) is 144 cm³/mol. The lowest BCUT2D eigenvalue weighted by Gasteiger charge is -2.27. The molecule has 1 fully saturated rings. The molecule has 1 saturated heterocycles. The van der Waals surface area contributed by atoms with Crippen LogP contribution in [0.5, 0.6) is 11.5 Å². The van der Waals surface area contributed by atoms with Crippen molar-refractivity contribution in [2.75, 3.05) is 32.0 Å². The Balaban J connectivity index is 1.46. The minimum atomic E-state index is -0.188. The van der Waals surface area contributed by atoms with Gasteiger partial charge in [0.25, 0.3) is 5.91 Å². The van der Waals surface area contributed by atoms with Crippen molar-refractivity contribution in [1.82, 2.24) is 9.88 Å². The Kier molecular flexibility index (Phi) is 6.83. The summed E-state index contributed by atoms with van der Waals surface area (Å²) < 4.78 is 11.2. The smallest absolute Gasteiger partial charge is 0.254 e. The topological polar surface area (TPSA) is 128 Å². The van der Waals surface area contributed by atoms with E-state index in [1.165, 1.54) is 0 Å². The highest BCUT2D eigenvalue weighted by Crippen LogP contribution is 2.35. The number of morpholine rings is 1. The minimum absolute atomic E-state index is 0.0575. The Hall–Kier alpha value is -4.69. The summed E-state index contributed by atoms with van der Waals surface area (Å²) in [4.78, 5) is 19.4. The Morgan fingerprint density at radius 3 is 2.32 bits per heavy atom. The quantitative estimate of drug-likeness (QED) is 0.267. The van der Waals surface area contributed by atoms with E-state index in [9.17, 15) is 4.79 Å². The molecule has 37 heavy (non-hydrogen) atoms. The zero-order valence-corrected chi connectivity index (χ0v) is 20.2. The SMILES string of the molecule is N=C(N)c1c(-c2ccc(Oc3ccccc3)cc2)ncc(-c2cccc(C(=O)N3CCOCC3)c2)c1N. The van der Waals surface area contributed by atoms with Crippen molar-refractivity contribution in [3.63, 3.8) is 0 Å². The van der Waals surface area contributed by atoms with Gasteiger partial charge in [0.2, 0.25) is 0 Å². The van der Waals surface area contributed by atoms with Crippen LogP contribution in [0.4, 0.5) is 5.69 Å². The second-order valence-electron chi connectivity index (χ2n) is 8.65. The largest absolute Gasteiger partial charge is 0.457 e. The number of pyridine rings is 1. The molecule has 0 saturated carbocycles. The van der Waals surface area contributed by atoms with E-state index in [4.69, 9.17) is 26.4 Å². The van der Waals surface area contributed by atoms with Crippen LogP contribution < -0.4 is 16.2 Å². The third kappa shape index (κ3) is 5.14. The molecule has 1 amide bonds. The fraction of sp³-hybridized carbons (Fsp3) is 0.138. The van der Waals surface area contributed by atoms with Crippen LogP contribution in [0.25, 0.3) is 22.4 Å². The second-order valence-corrected chi connectivity index (χ2v) is 8.65. The average molecular weight is 494 g/mol. The molecule has 8 nitrogen and oxygen atoms in total. The number of nitrogen functional groups attached to an aromatic ring is 2. The molecule has 0 bridgehead atoms. The summed E-state index contributed by atoms with van der Waals surface area (Å²) in [5.74, 6) is 1.16. The number of hydrogen-bond acceptors (Lipinski definition) is 6. The van der Waals surface area contributed by atoms with E-state index in [0.717, 1.165) is 16.9 Å². The number of para-hydroxylation sites is 1. The summed E-state index contributed by atoms with van der Waals surface area (Å²) in [6.07, 6.45) is 1.66. The Morgan fingerprint density at radius 1 is 0.919 bits per heavy atom. The molecule has 1 aliphatic heterocycles. The van der Waals surface area contributed by atoms with Crippen LogP contribution in [0.1, 0.15) is 15.9 Å². The van der Waals surface area contributed by atoms with E-state index in [1.807, 2.05) is 66.7 Å². The molecule has 0 spiro atoms. The standard InChI is InChI=1S/C29H27N5O3/c30-26-24(20-5-4-6-21(17-20)29(35)34-13-15-36-16-14-34)18-33-27(25(26)28(31)32)19-9-11-23(12-10-19)37-22-7-2-1-3-8-22/h1-12,17-18H,13-16H2,(H2,30,33)(H3,31,32). The van der Waals surface area contributed by atoms with Gasteiger partial charge in [-0.3, -0.25) is 15.2 Å². The Bertz CT molecular complexity index is 1430. The molecule has 5 N–H and O–H groups in total. The number of nitrogens with zero attached hydrogens (tertiary/aromatic N) is 2. The van der Waals surface area contributed by atoms with Crippen LogP contribution in [0, 0.1) is 5.41 Å². The van der Waals surface area contributed by atoms with Crippen molar-refractivity contribution in [2.24, 2.45) is 5.73 Å². The molecular weight excluding hydrogens is 466 g/mol. The number of carbonyl (C=O) groups excluding carboxylic acids is 1. The van der Waals surface area contributed by atoms with Crippen LogP contribution in [0.3, 0.4) is 0 Å². The molecule has 8 heteroatoms. The predicted octanol–water partition coefficient (Wildman–Crippen LogP) is 4.55. The van der Waals surface area contributed by atoms with E-state index in [2.05, 4.69) is 4.98 Å². The number of hydrogen-bond donors (Lipinski definition) is 3. The van der Waals surface area contributed by atoms with Gasteiger partial charge in [0.05, 0.1) is 30.2 Å². The van der Waals surface area contributed by atoms with Gasteiger partial charge in [0.1, 0.15) is 17.3 Å². The maximum atomic E-state index is 13.0. The molecule has 1 aliphatic rings. The fourth-order valence-electron chi connectivity index (χ4n) is 4.32. The van der Waals surface area contributed by atoms with Crippen LogP contribution in [0.2, 0.25) is 0 Å². The number of anilines is 1. The highest BCUT2D eigenvalue weighted by Gasteiger charge is 2.21. The van der Waals surface area contributed by atoms with Crippen LogP contribution >= 0.6 is 0 Å². The van der Waals surface area contributed by atoms with Crippen molar-refractivity contribution in [2.45, 2.75) is 0 Å². The molecular formula is C29H27N5O3. The van der Waals surface area contributed by atoms with Gasteiger partial charge in [0, 0.05) is 36.0 Å². The van der Waals surface area contributed by atoms with Gasteiger partial charge in [-0.15, -0.1) is 0 Å². The zero-order valence-electron chi connectivity index (χ0n) is 20.2. The normalized spacial score (nSPS) is 13.2. The lowest BCUT2D eigenvalue weighted by Crippen LogP contribution is -2.40. The molecule has 3 aromatic carbocycles. The monoisotopic (exact) mass is 493 g/mol. The van der Waals surface area contributed by atoms with Crippen LogP contribution in [-0.4, -0.2) is 47.9 Å². The first-order valence-corrected chi connectivity index (χ1v) is 11.9. The number of amidine groups is 1. The molecule has 2 heterocycles. The van der Waals surface area contributed by atoms with Gasteiger partial charge < -0.3 is 25.8 Å². The number of nitrogens with one attached hydrogen (secondary N) is 1. The van der Waals surface area contributed by atoms with Gasteiger partial charge >= 0.3 is 0 Å². The van der Waals surface area contributed by atoms with Crippen LogP contribution in [-0.2, 0) is 4.74 Å². The van der Waals surface area contributed by atoms with Gasteiger partial charge in [-0.25, -0.2) is 0 Å². The lowest BCUT2D eigenvalue weighted by molar-refractivity contribution is 0.0303. The van der Waals surface area contributed by atoms with E-state index in [1.54, 1.807) is 23.2 Å². The molecule has 0 atom stereocenters. The maximum absolute atomic E-state index is 13.0. The van der Waals surface area contributed by atoms with Crippen molar-refractivity contribution in [3.05, 3.63) is 96.2 Å². The summed E-state index contributed by atoms with van der Waals surface area (Å²) in [5, 5.41) is 8.22. The molecule has 5 rings (SSSR count). The summed E-state index contributed by atoms with van der Waals surface area (Å²) in [6, 6.07) is 24.1. The van der Waals surface area contributed by atoms with Crippen LogP contribution in [0.15, 0.2) is 85.1 Å². The molecule has 0 unspecified atom stereocenters. The van der Waals surface area contributed by atoms with Gasteiger partial charge in [-0.1, -0.05) is 30.3 Å². The summed E-state index contributed by atoms with van der Waals surface area (Å²) in [6.45, 7) is 2.19. The Morgan fingerprint density at radius 2 is 1.62 bits per heavy atom. The van der Waals surface area contributed by atoms with Crippen molar-refractivity contribution in [1.29, 1.82) is 5.41 Å². The first-order chi connectivity index (χ1) is 18.0. The number of carbonyl (C=O) groups is 1. The fourth-order valence-corrected chi connectivity index (χ4v) is 4.32. The molecule has 0 aliphatic carbocycles.